The van der Waals surface area contributed by atoms with E-state index in [0.29, 0.717) is 43.2 Å². The number of methoxy groups -OCH3 is 1. The third-order valence-electron chi connectivity index (χ3n) is 5.83. The fourth-order valence-electron chi connectivity index (χ4n) is 4.05. The standard InChI is InChI=1S/C22H29N5O4/c1-30-19-5-3-17(4-6-19)22(29)24-20-7-11-23-27(20)18-8-13-25(14-9-18)21(28)10-15-26-12-2-16-31-26/h3-7,11,18H,2,8-10,12-16H2,1H3,(H,24,29). The van der Waals surface area contributed by atoms with E-state index in [0.717, 1.165) is 32.4 Å². The number of hydrogen-bond acceptors (Lipinski definition) is 6. The Bertz CT molecular complexity index is 884. The highest BCUT2D eigenvalue weighted by Crippen LogP contribution is 2.26. The fourth-order valence-corrected chi connectivity index (χ4v) is 4.05. The largest absolute Gasteiger partial charge is 0.497 e. The maximum absolute atomic E-state index is 12.6. The number of carbonyl (C=O) groups is 2. The average molecular weight is 428 g/mol. The first kappa shape index (κ1) is 21.3. The van der Waals surface area contributed by atoms with Crippen LogP contribution in [-0.4, -0.2) is 71.5 Å². The van der Waals surface area contributed by atoms with Gasteiger partial charge < -0.3 is 15.0 Å². The number of likely N-dealkylation sites (tertiary alicyclic amines) is 1. The van der Waals surface area contributed by atoms with Crippen molar-refractivity contribution in [1.82, 2.24) is 19.7 Å². The zero-order chi connectivity index (χ0) is 21.6. The molecule has 2 fully saturated rings. The quantitative estimate of drug-likeness (QED) is 0.730. The number of ether oxygens (including phenoxy) is 1. The van der Waals surface area contributed by atoms with Crippen LogP contribution in [0.15, 0.2) is 36.5 Å². The molecule has 0 spiro atoms. The third kappa shape index (κ3) is 5.23. The van der Waals surface area contributed by atoms with Crippen molar-refractivity contribution in [2.75, 3.05) is 45.2 Å². The molecule has 1 aromatic carbocycles. The maximum Gasteiger partial charge on any atom is 0.256 e. The van der Waals surface area contributed by atoms with E-state index in [2.05, 4.69) is 10.4 Å². The number of benzene rings is 1. The van der Waals surface area contributed by atoms with Gasteiger partial charge in [0.15, 0.2) is 0 Å². The molecule has 0 unspecified atom stereocenters. The summed E-state index contributed by atoms with van der Waals surface area (Å²) in [4.78, 5) is 32.5. The number of piperidine rings is 1. The van der Waals surface area contributed by atoms with Gasteiger partial charge in [-0.05, 0) is 43.5 Å². The van der Waals surface area contributed by atoms with E-state index in [4.69, 9.17) is 9.57 Å². The van der Waals surface area contributed by atoms with Gasteiger partial charge in [-0.1, -0.05) is 0 Å². The zero-order valence-electron chi connectivity index (χ0n) is 17.8. The summed E-state index contributed by atoms with van der Waals surface area (Å²) in [6, 6.07) is 8.92. The Morgan fingerprint density at radius 1 is 1.16 bits per heavy atom. The predicted octanol–water partition coefficient (Wildman–Crippen LogP) is 2.33. The number of aromatic nitrogens is 2. The van der Waals surface area contributed by atoms with Crippen LogP contribution < -0.4 is 10.1 Å². The molecule has 2 aliphatic heterocycles. The monoisotopic (exact) mass is 427 g/mol. The van der Waals surface area contributed by atoms with Crippen LogP contribution in [0.1, 0.15) is 42.1 Å². The van der Waals surface area contributed by atoms with Gasteiger partial charge in [0.05, 0.1) is 26.0 Å². The van der Waals surface area contributed by atoms with Gasteiger partial charge in [-0.2, -0.15) is 10.2 Å². The molecular formula is C22H29N5O4. The number of nitrogens with one attached hydrogen (secondary N) is 1. The highest BCUT2D eigenvalue weighted by atomic mass is 16.7. The Kier molecular flexibility index (Phi) is 6.83. The molecule has 0 aliphatic carbocycles. The Morgan fingerprint density at radius 2 is 1.94 bits per heavy atom. The molecule has 4 rings (SSSR count). The van der Waals surface area contributed by atoms with E-state index in [9.17, 15) is 9.59 Å². The first-order valence-electron chi connectivity index (χ1n) is 10.8. The topological polar surface area (TPSA) is 88.9 Å². The van der Waals surface area contributed by atoms with E-state index in [1.54, 1.807) is 43.6 Å². The summed E-state index contributed by atoms with van der Waals surface area (Å²) in [5.74, 6) is 1.34. The van der Waals surface area contributed by atoms with Crippen molar-refractivity contribution in [2.24, 2.45) is 0 Å². The van der Waals surface area contributed by atoms with Crippen molar-refractivity contribution >= 4 is 17.6 Å². The molecule has 1 N–H and O–H groups in total. The second-order valence-electron chi connectivity index (χ2n) is 7.82. The average Bonchev–Trinajstić information content (AvgIpc) is 3.50. The van der Waals surface area contributed by atoms with Gasteiger partial charge in [0, 0.05) is 44.2 Å². The van der Waals surface area contributed by atoms with Gasteiger partial charge in [-0.25, -0.2) is 4.68 Å². The summed E-state index contributed by atoms with van der Waals surface area (Å²) >= 11 is 0. The molecule has 3 heterocycles. The predicted molar refractivity (Wildman–Crippen MR) is 115 cm³/mol. The number of rotatable bonds is 7. The van der Waals surface area contributed by atoms with Crippen LogP contribution in [-0.2, 0) is 9.63 Å². The van der Waals surface area contributed by atoms with Crippen molar-refractivity contribution in [1.29, 1.82) is 0 Å². The van der Waals surface area contributed by atoms with Crippen LogP contribution in [0.3, 0.4) is 0 Å². The number of hydrogen-bond donors (Lipinski definition) is 1. The number of hydroxylamine groups is 2. The normalized spacial score (nSPS) is 17.6. The molecule has 9 heteroatoms. The van der Waals surface area contributed by atoms with Crippen LogP contribution in [0.2, 0.25) is 0 Å². The fraction of sp³-hybridized carbons (Fsp3) is 0.500. The van der Waals surface area contributed by atoms with Crippen LogP contribution in [0, 0.1) is 0 Å². The molecule has 0 bridgehead atoms. The lowest BCUT2D eigenvalue weighted by atomic mass is 10.0. The van der Waals surface area contributed by atoms with E-state index in [-0.39, 0.29) is 17.9 Å². The SMILES string of the molecule is COc1ccc(C(=O)Nc2ccnn2C2CCN(C(=O)CCN3CCCO3)CC2)cc1. The molecule has 2 saturated heterocycles. The van der Waals surface area contributed by atoms with Crippen LogP contribution in [0.5, 0.6) is 5.75 Å². The van der Waals surface area contributed by atoms with Crippen molar-refractivity contribution < 1.29 is 19.2 Å². The van der Waals surface area contributed by atoms with Crippen LogP contribution >= 0.6 is 0 Å². The van der Waals surface area contributed by atoms with Crippen molar-refractivity contribution in [2.45, 2.75) is 31.7 Å². The molecule has 0 saturated carbocycles. The summed E-state index contributed by atoms with van der Waals surface area (Å²) in [5, 5.41) is 9.26. The lowest BCUT2D eigenvalue weighted by Gasteiger charge is -2.33. The smallest absolute Gasteiger partial charge is 0.256 e. The number of nitrogens with zero attached hydrogens (tertiary/aromatic N) is 4. The minimum Gasteiger partial charge on any atom is -0.497 e. The van der Waals surface area contributed by atoms with Crippen LogP contribution in [0.25, 0.3) is 0 Å². The molecule has 0 atom stereocenters. The molecule has 9 nitrogen and oxygen atoms in total. The summed E-state index contributed by atoms with van der Waals surface area (Å²) in [6.07, 6.45) is 4.81. The van der Waals surface area contributed by atoms with Crippen molar-refractivity contribution in [3.8, 4) is 5.75 Å². The Balaban J connectivity index is 1.29. The second-order valence-corrected chi connectivity index (χ2v) is 7.82. The minimum atomic E-state index is -0.193. The van der Waals surface area contributed by atoms with Crippen molar-refractivity contribution in [3.05, 3.63) is 42.1 Å². The van der Waals surface area contributed by atoms with Gasteiger partial charge in [0.1, 0.15) is 11.6 Å². The molecule has 166 valence electrons. The molecule has 2 amide bonds. The Morgan fingerprint density at radius 3 is 2.61 bits per heavy atom. The highest BCUT2D eigenvalue weighted by molar-refractivity contribution is 6.03. The summed E-state index contributed by atoms with van der Waals surface area (Å²) in [7, 11) is 1.59. The summed E-state index contributed by atoms with van der Waals surface area (Å²) in [5.41, 5.74) is 0.552. The molecule has 31 heavy (non-hydrogen) atoms. The summed E-state index contributed by atoms with van der Waals surface area (Å²) in [6.45, 7) is 3.69. The van der Waals surface area contributed by atoms with E-state index >= 15 is 0 Å². The van der Waals surface area contributed by atoms with E-state index in [1.165, 1.54) is 0 Å². The summed E-state index contributed by atoms with van der Waals surface area (Å²) < 4.78 is 7.00. The first-order valence-corrected chi connectivity index (χ1v) is 10.8. The van der Waals surface area contributed by atoms with Gasteiger partial charge in [0.2, 0.25) is 5.91 Å². The Hall–Kier alpha value is -2.91. The molecule has 2 aliphatic rings. The van der Waals surface area contributed by atoms with E-state index < -0.39 is 0 Å². The van der Waals surface area contributed by atoms with Crippen LogP contribution in [0.4, 0.5) is 5.82 Å². The molecular weight excluding hydrogens is 398 g/mol. The lowest BCUT2D eigenvalue weighted by molar-refractivity contribution is -0.139. The minimum absolute atomic E-state index is 0.145. The van der Waals surface area contributed by atoms with Gasteiger partial charge in [-0.15, -0.1) is 0 Å². The Labute approximate surface area is 181 Å². The number of carbonyl (C=O) groups excluding carboxylic acids is 2. The molecule has 0 radical (unpaired) electrons. The highest BCUT2D eigenvalue weighted by Gasteiger charge is 2.26. The molecule has 1 aromatic heterocycles. The van der Waals surface area contributed by atoms with Gasteiger partial charge >= 0.3 is 0 Å². The second kappa shape index (κ2) is 9.93. The maximum atomic E-state index is 12.6. The first-order chi connectivity index (χ1) is 15.1. The lowest BCUT2D eigenvalue weighted by Crippen LogP contribution is -2.40. The number of amides is 2. The van der Waals surface area contributed by atoms with E-state index in [1.807, 2.05) is 14.6 Å². The third-order valence-corrected chi connectivity index (χ3v) is 5.83. The zero-order valence-corrected chi connectivity index (χ0v) is 17.8. The van der Waals surface area contributed by atoms with Crippen molar-refractivity contribution in [3.63, 3.8) is 0 Å². The number of anilines is 1. The van der Waals surface area contributed by atoms with Gasteiger partial charge in [-0.3, -0.25) is 14.4 Å². The molecule has 2 aromatic rings. The van der Waals surface area contributed by atoms with Gasteiger partial charge in [0.25, 0.3) is 5.91 Å².